The number of piperidine rings is 1. The summed E-state index contributed by atoms with van der Waals surface area (Å²) >= 11 is 0. The molecule has 0 radical (unpaired) electrons. The molecule has 1 aliphatic heterocycles. The Morgan fingerprint density at radius 3 is 2.95 bits per heavy atom. The zero-order chi connectivity index (χ0) is 14.8. The highest BCUT2D eigenvalue weighted by Gasteiger charge is 2.16. The summed E-state index contributed by atoms with van der Waals surface area (Å²) in [5, 5.41) is 8.19. The monoisotopic (exact) mass is 294 g/mol. The average molecular weight is 294 g/mol. The van der Waals surface area contributed by atoms with Gasteiger partial charge in [0.2, 0.25) is 0 Å². The Balaban J connectivity index is 1.76. The van der Waals surface area contributed by atoms with Crippen LogP contribution in [-0.4, -0.2) is 39.1 Å². The van der Waals surface area contributed by atoms with E-state index < -0.39 is 0 Å². The standard InChI is InChI=1S/C16H18N6/c1-2-12(8-17-4-1)22-14-3-5-20-16-15(14)13(9-21-16)11-6-18-10-19-7-11/h3,5-7,9-10,12,17H,1-2,4,8H2,(H2,20,21,22)/t12-/m1/s1. The molecule has 0 unspecified atom stereocenters. The Bertz CT molecular complexity index is 761. The van der Waals surface area contributed by atoms with Gasteiger partial charge in [-0.2, -0.15) is 0 Å². The van der Waals surface area contributed by atoms with Crippen molar-refractivity contribution < 1.29 is 0 Å². The van der Waals surface area contributed by atoms with Gasteiger partial charge in [0.05, 0.1) is 0 Å². The van der Waals surface area contributed by atoms with Crippen LogP contribution in [0, 0.1) is 0 Å². The quantitative estimate of drug-likeness (QED) is 0.690. The van der Waals surface area contributed by atoms with Gasteiger partial charge in [0.15, 0.2) is 0 Å². The molecule has 0 bridgehead atoms. The molecule has 0 spiro atoms. The largest absolute Gasteiger partial charge is 0.380 e. The van der Waals surface area contributed by atoms with E-state index in [1.807, 2.05) is 30.9 Å². The van der Waals surface area contributed by atoms with Gasteiger partial charge in [-0.05, 0) is 25.5 Å². The summed E-state index contributed by atoms with van der Waals surface area (Å²) in [5.41, 5.74) is 4.06. The van der Waals surface area contributed by atoms with Gasteiger partial charge in [0.25, 0.3) is 0 Å². The third-order valence-electron chi connectivity index (χ3n) is 4.10. The summed E-state index contributed by atoms with van der Waals surface area (Å²) in [4.78, 5) is 15.9. The molecule has 4 heterocycles. The molecule has 0 aliphatic carbocycles. The van der Waals surface area contributed by atoms with E-state index >= 15 is 0 Å². The fourth-order valence-electron chi connectivity index (χ4n) is 3.04. The third kappa shape index (κ3) is 2.42. The van der Waals surface area contributed by atoms with Crippen molar-refractivity contribution >= 4 is 16.7 Å². The van der Waals surface area contributed by atoms with Gasteiger partial charge in [0, 0.05) is 59.6 Å². The molecule has 1 atom stereocenters. The van der Waals surface area contributed by atoms with Crippen LogP contribution in [0.25, 0.3) is 22.2 Å². The Labute approximate surface area is 128 Å². The zero-order valence-corrected chi connectivity index (χ0v) is 12.2. The van der Waals surface area contributed by atoms with E-state index in [4.69, 9.17) is 0 Å². The number of rotatable bonds is 3. The highest BCUT2D eigenvalue weighted by atomic mass is 15.0. The first-order chi connectivity index (χ1) is 10.9. The van der Waals surface area contributed by atoms with Crippen molar-refractivity contribution in [3.63, 3.8) is 0 Å². The van der Waals surface area contributed by atoms with Gasteiger partial charge in [-0.1, -0.05) is 0 Å². The maximum atomic E-state index is 4.43. The maximum Gasteiger partial charge on any atom is 0.139 e. The third-order valence-corrected chi connectivity index (χ3v) is 4.10. The van der Waals surface area contributed by atoms with Crippen molar-refractivity contribution in [1.82, 2.24) is 25.3 Å². The molecule has 22 heavy (non-hydrogen) atoms. The predicted molar refractivity (Wildman–Crippen MR) is 86.6 cm³/mol. The second kappa shape index (κ2) is 5.73. The number of hydrogen-bond acceptors (Lipinski definition) is 5. The number of H-pyrrole nitrogens is 1. The molecule has 112 valence electrons. The lowest BCUT2D eigenvalue weighted by molar-refractivity contribution is 0.480. The van der Waals surface area contributed by atoms with Crippen LogP contribution in [0.1, 0.15) is 12.8 Å². The topological polar surface area (TPSA) is 78.5 Å². The first kappa shape index (κ1) is 13.2. The molecule has 0 amide bonds. The van der Waals surface area contributed by atoms with E-state index in [2.05, 4.69) is 30.6 Å². The van der Waals surface area contributed by atoms with Crippen molar-refractivity contribution in [2.24, 2.45) is 0 Å². The second-order valence-electron chi connectivity index (χ2n) is 5.60. The second-order valence-corrected chi connectivity index (χ2v) is 5.60. The Kier molecular flexibility index (Phi) is 3.44. The number of aromatic amines is 1. The van der Waals surface area contributed by atoms with Crippen molar-refractivity contribution in [1.29, 1.82) is 0 Å². The minimum absolute atomic E-state index is 0.453. The number of fused-ring (bicyclic) bond motifs is 1. The van der Waals surface area contributed by atoms with Crippen LogP contribution in [0.4, 0.5) is 5.69 Å². The summed E-state index contributed by atoms with van der Waals surface area (Å²) in [6.07, 6.45) is 11.4. The lowest BCUT2D eigenvalue weighted by Crippen LogP contribution is -2.38. The molecular formula is C16H18N6. The molecule has 3 aromatic rings. The van der Waals surface area contributed by atoms with Crippen LogP contribution >= 0.6 is 0 Å². The summed E-state index contributed by atoms with van der Waals surface area (Å²) in [5.74, 6) is 0. The fourth-order valence-corrected chi connectivity index (χ4v) is 3.04. The van der Waals surface area contributed by atoms with Crippen LogP contribution in [-0.2, 0) is 0 Å². The normalized spacial score (nSPS) is 18.5. The summed E-state index contributed by atoms with van der Waals surface area (Å²) in [7, 11) is 0. The zero-order valence-electron chi connectivity index (χ0n) is 12.2. The summed E-state index contributed by atoms with van der Waals surface area (Å²) in [6.45, 7) is 2.11. The van der Waals surface area contributed by atoms with E-state index in [9.17, 15) is 0 Å². The molecule has 3 N–H and O–H groups in total. The minimum atomic E-state index is 0.453. The summed E-state index contributed by atoms with van der Waals surface area (Å²) < 4.78 is 0. The molecule has 0 saturated carbocycles. The summed E-state index contributed by atoms with van der Waals surface area (Å²) in [6, 6.07) is 2.49. The van der Waals surface area contributed by atoms with Crippen LogP contribution in [0.5, 0.6) is 0 Å². The highest BCUT2D eigenvalue weighted by Crippen LogP contribution is 2.32. The van der Waals surface area contributed by atoms with Gasteiger partial charge in [0.1, 0.15) is 12.0 Å². The van der Waals surface area contributed by atoms with Crippen LogP contribution in [0.15, 0.2) is 37.2 Å². The number of pyridine rings is 1. The highest BCUT2D eigenvalue weighted by molar-refractivity contribution is 6.02. The van der Waals surface area contributed by atoms with Gasteiger partial charge in [-0.25, -0.2) is 15.0 Å². The molecule has 0 aromatic carbocycles. The van der Waals surface area contributed by atoms with E-state index in [0.717, 1.165) is 40.9 Å². The first-order valence-electron chi connectivity index (χ1n) is 7.60. The van der Waals surface area contributed by atoms with Gasteiger partial charge in [-0.3, -0.25) is 0 Å². The molecule has 1 fully saturated rings. The van der Waals surface area contributed by atoms with E-state index in [0.29, 0.717) is 6.04 Å². The van der Waals surface area contributed by atoms with Gasteiger partial charge < -0.3 is 15.6 Å². The number of nitrogens with one attached hydrogen (secondary N) is 3. The maximum absolute atomic E-state index is 4.43. The number of nitrogens with zero attached hydrogens (tertiary/aromatic N) is 3. The van der Waals surface area contributed by atoms with Crippen LogP contribution < -0.4 is 10.6 Å². The van der Waals surface area contributed by atoms with Crippen LogP contribution in [0.3, 0.4) is 0 Å². The minimum Gasteiger partial charge on any atom is -0.380 e. The smallest absolute Gasteiger partial charge is 0.139 e. The molecule has 3 aromatic heterocycles. The van der Waals surface area contributed by atoms with Crippen molar-refractivity contribution in [2.75, 3.05) is 18.4 Å². The van der Waals surface area contributed by atoms with Crippen molar-refractivity contribution in [3.05, 3.63) is 37.2 Å². The van der Waals surface area contributed by atoms with E-state index in [1.165, 1.54) is 12.8 Å². The number of hydrogen-bond donors (Lipinski definition) is 3. The predicted octanol–water partition coefficient (Wildman–Crippen LogP) is 2.18. The molecule has 4 rings (SSSR count). The molecular weight excluding hydrogens is 276 g/mol. The van der Waals surface area contributed by atoms with E-state index in [1.54, 1.807) is 6.33 Å². The number of anilines is 1. The van der Waals surface area contributed by atoms with Crippen LogP contribution in [0.2, 0.25) is 0 Å². The first-order valence-corrected chi connectivity index (χ1v) is 7.60. The fraction of sp³-hybridized carbons (Fsp3) is 0.312. The van der Waals surface area contributed by atoms with Crippen molar-refractivity contribution in [3.8, 4) is 11.1 Å². The molecule has 1 aliphatic rings. The van der Waals surface area contributed by atoms with Gasteiger partial charge in [-0.15, -0.1) is 0 Å². The molecule has 6 nitrogen and oxygen atoms in total. The lowest BCUT2D eigenvalue weighted by Gasteiger charge is -2.25. The number of aromatic nitrogens is 4. The Morgan fingerprint density at radius 1 is 1.23 bits per heavy atom. The van der Waals surface area contributed by atoms with Crippen molar-refractivity contribution in [2.45, 2.75) is 18.9 Å². The Morgan fingerprint density at radius 2 is 2.14 bits per heavy atom. The van der Waals surface area contributed by atoms with Gasteiger partial charge >= 0.3 is 0 Å². The lowest BCUT2D eigenvalue weighted by atomic mass is 10.1. The van der Waals surface area contributed by atoms with E-state index in [-0.39, 0.29) is 0 Å². The molecule has 1 saturated heterocycles. The average Bonchev–Trinajstić information content (AvgIpc) is 3.02. The Hall–Kier alpha value is -2.47. The SMILES string of the molecule is c1ncc(-c2c[nH]c3nccc(N[C@@H]4CCCNC4)c23)cn1. The molecule has 6 heteroatoms.